The van der Waals surface area contributed by atoms with Crippen molar-refractivity contribution in [3.63, 3.8) is 0 Å². The van der Waals surface area contributed by atoms with E-state index in [1.165, 1.54) is 5.56 Å². The molecule has 1 heterocycles. The molecule has 1 aromatic carbocycles. The van der Waals surface area contributed by atoms with Gasteiger partial charge in [-0.3, -0.25) is 0 Å². The quantitative estimate of drug-likeness (QED) is 0.924. The highest BCUT2D eigenvalue weighted by molar-refractivity contribution is 9.10. The number of ether oxygens (including phenoxy) is 2. The fourth-order valence-electron chi connectivity index (χ4n) is 2.11. The van der Waals surface area contributed by atoms with Gasteiger partial charge in [-0.15, -0.1) is 0 Å². The van der Waals surface area contributed by atoms with Gasteiger partial charge >= 0.3 is 0 Å². The molecule has 18 heavy (non-hydrogen) atoms. The van der Waals surface area contributed by atoms with Gasteiger partial charge in [0.1, 0.15) is 11.5 Å². The minimum absolute atomic E-state index is 0.104. The number of nitrogens with one attached hydrogen (secondary N) is 1. The maximum atomic E-state index is 5.73. The Labute approximate surface area is 116 Å². The highest BCUT2D eigenvalue weighted by Crippen LogP contribution is 2.31. The van der Waals surface area contributed by atoms with Crippen LogP contribution in [0.2, 0.25) is 0 Å². The second kappa shape index (κ2) is 6.25. The second-order valence-electron chi connectivity index (χ2n) is 4.21. The maximum absolute atomic E-state index is 5.73. The van der Waals surface area contributed by atoms with E-state index in [9.17, 15) is 0 Å². The highest BCUT2D eigenvalue weighted by atomic mass is 79.9. The van der Waals surface area contributed by atoms with Crippen LogP contribution in [0.15, 0.2) is 34.5 Å². The van der Waals surface area contributed by atoms with Gasteiger partial charge < -0.3 is 14.8 Å². The summed E-state index contributed by atoms with van der Waals surface area (Å²) in [5.41, 5.74) is 1.17. The number of methoxy groups -OCH3 is 1. The lowest BCUT2D eigenvalue weighted by molar-refractivity contribution is 0.169. The van der Waals surface area contributed by atoms with Gasteiger partial charge in [0.15, 0.2) is 0 Å². The second-order valence-corrected chi connectivity index (χ2v) is 5.07. The smallest absolute Gasteiger partial charge is 0.133 e. The molecule has 0 saturated carbocycles. The number of halogens is 1. The zero-order valence-corrected chi connectivity index (χ0v) is 12.3. The average Bonchev–Trinajstić information content (AvgIpc) is 2.41. The topological polar surface area (TPSA) is 30.5 Å². The Morgan fingerprint density at radius 3 is 2.83 bits per heavy atom. The van der Waals surface area contributed by atoms with Gasteiger partial charge in [-0.1, -0.05) is 6.07 Å². The number of hydrogen-bond acceptors (Lipinski definition) is 3. The first-order valence-corrected chi connectivity index (χ1v) is 6.89. The van der Waals surface area contributed by atoms with Crippen molar-refractivity contribution >= 4 is 15.9 Å². The molecule has 2 rings (SSSR count). The molecule has 98 valence electrons. The molecule has 1 unspecified atom stereocenters. The van der Waals surface area contributed by atoms with Crippen molar-refractivity contribution in [2.75, 3.05) is 20.8 Å². The monoisotopic (exact) mass is 311 g/mol. The lowest BCUT2D eigenvalue weighted by atomic mass is 10.0. The first-order valence-electron chi connectivity index (χ1n) is 6.10. The predicted octanol–water partition coefficient (Wildman–Crippen LogP) is 3.41. The molecule has 0 aromatic heterocycles. The molecule has 1 atom stereocenters. The third-order valence-corrected chi connectivity index (χ3v) is 3.66. The summed E-state index contributed by atoms with van der Waals surface area (Å²) in [4.78, 5) is 0. The van der Waals surface area contributed by atoms with Gasteiger partial charge in [0.05, 0.1) is 24.2 Å². The first kappa shape index (κ1) is 13.4. The van der Waals surface area contributed by atoms with Crippen LogP contribution in [0.1, 0.15) is 24.4 Å². The Morgan fingerprint density at radius 2 is 2.28 bits per heavy atom. The van der Waals surface area contributed by atoms with Crippen molar-refractivity contribution in [3.8, 4) is 5.75 Å². The van der Waals surface area contributed by atoms with Crippen LogP contribution in [0.5, 0.6) is 5.75 Å². The van der Waals surface area contributed by atoms with Crippen LogP contribution in [0, 0.1) is 0 Å². The highest BCUT2D eigenvalue weighted by Gasteiger charge is 2.19. The van der Waals surface area contributed by atoms with Crippen molar-refractivity contribution < 1.29 is 9.47 Å². The summed E-state index contributed by atoms with van der Waals surface area (Å²) in [7, 11) is 3.61. The van der Waals surface area contributed by atoms with Gasteiger partial charge in [0.25, 0.3) is 0 Å². The van der Waals surface area contributed by atoms with Gasteiger partial charge in [-0.05, 0) is 59.6 Å². The molecule has 3 nitrogen and oxygen atoms in total. The zero-order valence-electron chi connectivity index (χ0n) is 10.7. The van der Waals surface area contributed by atoms with Crippen LogP contribution in [-0.2, 0) is 4.74 Å². The minimum Gasteiger partial charge on any atom is -0.496 e. The SMILES string of the molecule is CNC(C1=CCCCO1)c1ccc(OC)c(Br)c1. The van der Waals surface area contributed by atoms with E-state index in [0.29, 0.717) is 0 Å². The number of hydrogen-bond donors (Lipinski definition) is 1. The summed E-state index contributed by atoms with van der Waals surface area (Å²) in [6.45, 7) is 0.807. The van der Waals surface area contributed by atoms with Crippen LogP contribution >= 0.6 is 15.9 Å². The molecule has 1 aliphatic rings. The van der Waals surface area contributed by atoms with E-state index in [2.05, 4.69) is 39.5 Å². The Morgan fingerprint density at radius 1 is 1.44 bits per heavy atom. The van der Waals surface area contributed by atoms with Crippen LogP contribution in [0.4, 0.5) is 0 Å². The standard InChI is InChI=1S/C14H18BrNO2/c1-16-14(13-5-3-4-8-18-13)10-6-7-12(17-2)11(15)9-10/h5-7,9,14,16H,3-4,8H2,1-2H3. The molecule has 0 saturated heterocycles. The lowest BCUT2D eigenvalue weighted by Crippen LogP contribution is -2.22. The molecule has 0 radical (unpaired) electrons. The minimum atomic E-state index is 0.104. The molecule has 1 N–H and O–H groups in total. The number of likely N-dealkylation sites (N-methyl/N-ethyl adjacent to an activating group) is 1. The third kappa shape index (κ3) is 2.87. The summed E-state index contributed by atoms with van der Waals surface area (Å²) in [5, 5.41) is 3.30. The largest absolute Gasteiger partial charge is 0.496 e. The summed E-state index contributed by atoms with van der Waals surface area (Å²) in [6, 6.07) is 6.20. The Kier molecular flexibility index (Phi) is 4.66. The van der Waals surface area contributed by atoms with Crippen LogP contribution in [-0.4, -0.2) is 20.8 Å². The molecule has 0 amide bonds. The Balaban J connectivity index is 2.27. The molecule has 0 spiro atoms. The van der Waals surface area contributed by atoms with E-state index in [4.69, 9.17) is 9.47 Å². The fraction of sp³-hybridized carbons (Fsp3) is 0.429. The molecule has 0 fully saturated rings. The molecular weight excluding hydrogens is 294 g/mol. The fourth-order valence-corrected chi connectivity index (χ4v) is 2.67. The van der Waals surface area contributed by atoms with E-state index in [1.54, 1.807) is 7.11 Å². The maximum Gasteiger partial charge on any atom is 0.133 e. The lowest BCUT2D eigenvalue weighted by Gasteiger charge is -2.24. The number of allylic oxidation sites excluding steroid dienone is 1. The molecule has 0 aliphatic carbocycles. The average molecular weight is 312 g/mol. The summed E-state index contributed by atoms with van der Waals surface area (Å²) in [5.74, 6) is 1.85. The molecular formula is C14H18BrNO2. The van der Waals surface area contributed by atoms with Gasteiger partial charge in [0, 0.05) is 0 Å². The van der Waals surface area contributed by atoms with Crippen molar-refractivity contribution in [1.82, 2.24) is 5.32 Å². The normalized spacial score (nSPS) is 16.7. The predicted molar refractivity (Wildman–Crippen MR) is 75.8 cm³/mol. The van der Waals surface area contributed by atoms with E-state index in [0.717, 1.165) is 35.4 Å². The molecule has 4 heteroatoms. The number of benzene rings is 1. The van der Waals surface area contributed by atoms with Crippen molar-refractivity contribution in [2.24, 2.45) is 0 Å². The zero-order chi connectivity index (χ0) is 13.0. The van der Waals surface area contributed by atoms with Crippen molar-refractivity contribution in [1.29, 1.82) is 0 Å². The molecule has 0 bridgehead atoms. The molecule has 1 aromatic rings. The van der Waals surface area contributed by atoms with Crippen molar-refractivity contribution in [2.45, 2.75) is 18.9 Å². The molecule has 1 aliphatic heterocycles. The van der Waals surface area contributed by atoms with Gasteiger partial charge in [-0.25, -0.2) is 0 Å². The first-order chi connectivity index (χ1) is 8.76. The van der Waals surface area contributed by atoms with Gasteiger partial charge in [0.2, 0.25) is 0 Å². The van der Waals surface area contributed by atoms with Crippen molar-refractivity contribution in [3.05, 3.63) is 40.1 Å². The van der Waals surface area contributed by atoms with Gasteiger partial charge in [-0.2, -0.15) is 0 Å². The Hall–Kier alpha value is -1.00. The van der Waals surface area contributed by atoms with E-state index in [-0.39, 0.29) is 6.04 Å². The van der Waals surface area contributed by atoms with Crippen LogP contribution < -0.4 is 10.1 Å². The van der Waals surface area contributed by atoms with Crippen LogP contribution in [0.3, 0.4) is 0 Å². The summed E-state index contributed by atoms with van der Waals surface area (Å²) in [6.07, 6.45) is 4.36. The summed E-state index contributed by atoms with van der Waals surface area (Å²) < 4.78 is 11.9. The third-order valence-electron chi connectivity index (χ3n) is 3.05. The number of rotatable bonds is 4. The van der Waals surface area contributed by atoms with E-state index in [1.807, 2.05) is 13.1 Å². The Bertz CT molecular complexity index is 445. The van der Waals surface area contributed by atoms with Crippen LogP contribution in [0.25, 0.3) is 0 Å². The summed E-state index contributed by atoms with van der Waals surface area (Å²) >= 11 is 3.52. The van der Waals surface area contributed by atoms with E-state index >= 15 is 0 Å². The van der Waals surface area contributed by atoms with E-state index < -0.39 is 0 Å².